The summed E-state index contributed by atoms with van der Waals surface area (Å²) in [4.78, 5) is 14.1. The molecule has 1 saturated heterocycles. The first kappa shape index (κ1) is 12.9. The largest absolute Gasteiger partial charge is 0.497 e. The summed E-state index contributed by atoms with van der Waals surface area (Å²) in [5.41, 5.74) is 3.44. The second kappa shape index (κ2) is 5.84. The first-order valence-corrected chi connectivity index (χ1v) is 6.14. The molecule has 18 heavy (non-hydrogen) atoms. The Morgan fingerprint density at radius 1 is 1.44 bits per heavy atom. The lowest BCUT2D eigenvalue weighted by molar-refractivity contribution is 0.0705. The van der Waals surface area contributed by atoms with Crippen LogP contribution < -0.4 is 16.0 Å². The monoisotopic (exact) mass is 249 g/mol. The number of benzene rings is 1. The van der Waals surface area contributed by atoms with Gasteiger partial charge in [-0.25, -0.2) is 0 Å². The molecule has 0 saturated carbocycles. The van der Waals surface area contributed by atoms with Gasteiger partial charge in [0.15, 0.2) is 0 Å². The molecule has 1 amide bonds. The number of piperidine rings is 1. The van der Waals surface area contributed by atoms with Crippen molar-refractivity contribution in [3.05, 3.63) is 29.8 Å². The van der Waals surface area contributed by atoms with E-state index in [1.54, 1.807) is 13.2 Å². The Labute approximate surface area is 107 Å². The molecule has 2 rings (SSSR count). The van der Waals surface area contributed by atoms with Gasteiger partial charge in [-0.2, -0.15) is 0 Å². The molecule has 1 aliphatic heterocycles. The van der Waals surface area contributed by atoms with Gasteiger partial charge in [0.05, 0.1) is 7.11 Å². The maximum absolute atomic E-state index is 12.3. The highest BCUT2D eigenvalue weighted by Crippen LogP contribution is 2.17. The molecule has 5 heteroatoms. The van der Waals surface area contributed by atoms with E-state index in [-0.39, 0.29) is 5.91 Å². The maximum atomic E-state index is 12.3. The summed E-state index contributed by atoms with van der Waals surface area (Å²) >= 11 is 0. The van der Waals surface area contributed by atoms with Crippen LogP contribution in [0.4, 0.5) is 0 Å². The van der Waals surface area contributed by atoms with Crippen LogP contribution in [0.1, 0.15) is 23.2 Å². The van der Waals surface area contributed by atoms with Crippen LogP contribution in [0.15, 0.2) is 24.3 Å². The summed E-state index contributed by atoms with van der Waals surface area (Å²) in [5, 5.41) is 0. The topological polar surface area (TPSA) is 67.6 Å². The zero-order chi connectivity index (χ0) is 13.0. The van der Waals surface area contributed by atoms with Gasteiger partial charge < -0.3 is 9.64 Å². The molecule has 0 radical (unpaired) electrons. The van der Waals surface area contributed by atoms with Crippen molar-refractivity contribution in [1.82, 2.24) is 10.3 Å². The zero-order valence-electron chi connectivity index (χ0n) is 10.6. The molecular weight excluding hydrogens is 230 g/mol. The molecule has 98 valence electrons. The average Bonchev–Trinajstić information content (AvgIpc) is 2.46. The molecule has 3 N–H and O–H groups in total. The molecule has 0 aliphatic carbocycles. The van der Waals surface area contributed by atoms with Crippen molar-refractivity contribution in [3.8, 4) is 5.75 Å². The van der Waals surface area contributed by atoms with E-state index in [9.17, 15) is 4.79 Å². The third-order valence-corrected chi connectivity index (χ3v) is 3.33. The van der Waals surface area contributed by atoms with Crippen LogP contribution in [0.5, 0.6) is 5.75 Å². The maximum Gasteiger partial charge on any atom is 0.253 e. The number of methoxy groups -OCH3 is 1. The fourth-order valence-electron chi connectivity index (χ4n) is 2.19. The molecular formula is C13H19N3O2. The van der Waals surface area contributed by atoms with Crippen LogP contribution in [-0.4, -0.2) is 37.0 Å². The molecule has 1 aromatic carbocycles. The van der Waals surface area contributed by atoms with E-state index in [0.717, 1.165) is 25.9 Å². The van der Waals surface area contributed by atoms with Gasteiger partial charge in [0.25, 0.3) is 5.91 Å². The lowest BCUT2D eigenvalue weighted by Gasteiger charge is -2.31. The van der Waals surface area contributed by atoms with Crippen LogP contribution in [0, 0.1) is 0 Å². The van der Waals surface area contributed by atoms with Crippen molar-refractivity contribution < 1.29 is 9.53 Å². The zero-order valence-corrected chi connectivity index (χ0v) is 10.6. The van der Waals surface area contributed by atoms with Gasteiger partial charge >= 0.3 is 0 Å². The van der Waals surface area contributed by atoms with Crippen molar-refractivity contribution >= 4 is 5.91 Å². The standard InChI is InChI=1S/C13H19N3O2/c1-18-12-4-2-3-10(9-12)13(17)16-7-5-11(15-14)6-8-16/h2-4,9,11,15H,5-8,14H2,1H3. The number of nitrogens with zero attached hydrogens (tertiary/aromatic N) is 1. The lowest BCUT2D eigenvalue weighted by Crippen LogP contribution is -2.46. The Morgan fingerprint density at radius 2 is 2.17 bits per heavy atom. The number of nitrogens with one attached hydrogen (secondary N) is 1. The fraction of sp³-hybridized carbons (Fsp3) is 0.462. The molecule has 1 fully saturated rings. The number of hydrogen-bond acceptors (Lipinski definition) is 4. The van der Waals surface area contributed by atoms with Gasteiger partial charge in [-0.3, -0.25) is 16.1 Å². The number of ether oxygens (including phenoxy) is 1. The van der Waals surface area contributed by atoms with E-state index in [0.29, 0.717) is 17.4 Å². The van der Waals surface area contributed by atoms with Gasteiger partial charge in [0, 0.05) is 24.7 Å². The second-order valence-corrected chi connectivity index (χ2v) is 4.47. The van der Waals surface area contributed by atoms with Crippen LogP contribution in [0.25, 0.3) is 0 Å². The molecule has 0 bridgehead atoms. The summed E-state index contributed by atoms with van der Waals surface area (Å²) in [6.07, 6.45) is 1.79. The third kappa shape index (κ3) is 2.80. The molecule has 1 aliphatic rings. The summed E-state index contributed by atoms with van der Waals surface area (Å²) in [7, 11) is 1.60. The predicted molar refractivity (Wildman–Crippen MR) is 69.2 cm³/mol. The van der Waals surface area contributed by atoms with Crippen molar-refractivity contribution in [3.63, 3.8) is 0 Å². The second-order valence-electron chi connectivity index (χ2n) is 4.47. The van der Waals surface area contributed by atoms with Crippen molar-refractivity contribution in [1.29, 1.82) is 0 Å². The Kier molecular flexibility index (Phi) is 4.17. The molecule has 0 spiro atoms. The Morgan fingerprint density at radius 3 is 2.78 bits per heavy atom. The minimum atomic E-state index is 0.0596. The minimum Gasteiger partial charge on any atom is -0.497 e. The molecule has 0 atom stereocenters. The van der Waals surface area contributed by atoms with Gasteiger partial charge in [-0.05, 0) is 31.0 Å². The number of rotatable bonds is 3. The summed E-state index contributed by atoms with van der Waals surface area (Å²) in [5.74, 6) is 6.17. The van der Waals surface area contributed by atoms with Gasteiger partial charge in [0.2, 0.25) is 0 Å². The van der Waals surface area contributed by atoms with Crippen molar-refractivity contribution in [2.45, 2.75) is 18.9 Å². The predicted octanol–water partition coefficient (Wildman–Crippen LogP) is 0.763. The quantitative estimate of drug-likeness (QED) is 0.613. The summed E-state index contributed by atoms with van der Waals surface area (Å²) in [6, 6.07) is 7.58. The fourth-order valence-corrected chi connectivity index (χ4v) is 2.19. The smallest absolute Gasteiger partial charge is 0.253 e. The number of nitrogens with two attached hydrogens (primary N) is 1. The third-order valence-electron chi connectivity index (χ3n) is 3.33. The van der Waals surface area contributed by atoms with Gasteiger partial charge in [0.1, 0.15) is 5.75 Å². The molecule has 0 unspecified atom stereocenters. The number of carbonyl (C=O) groups excluding carboxylic acids is 1. The van der Waals surface area contributed by atoms with Crippen LogP contribution in [0.3, 0.4) is 0 Å². The van der Waals surface area contributed by atoms with Crippen molar-refractivity contribution in [2.75, 3.05) is 20.2 Å². The summed E-state index contributed by atoms with van der Waals surface area (Å²) < 4.78 is 5.13. The molecule has 5 nitrogen and oxygen atoms in total. The van der Waals surface area contributed by atoms with E-state index >= 15 is 0 Å². The number of hydrogen-bond donors (Lipinski definition) is 2. The highest BCUT2D eigenvalue weighted by molar-refractivity contribution is 5.94. The molecule has 0 aromatic heterocycles. The Hall–Kier alpha value is -1.59. The van der Waals surface area contributed by atoms with E-state index in [1.807, 2.05) is 23.1 Å². The highest BCUT2D eigenvalue weighted by atomic mass is 16.5. The number of hydrazine groups is 1. The average molecular weight is 249 g/mol. The Bertz CT molecular complexity index is 414. The highest BCUT2D eigenvalue weighted by Gasteiger charge is 2.22. The van der Waals surface area contributed by atoms with Crippen molar-refractivity contribution in [2.24, 2.45) is 5.84 Å². The number of carbonyl (C=O) groups is 1. The van der Waals surface area contributed by atoms with Crippen LogP contribution in [-0.2, 0) is 0 Å². The van der Waals surface area contributed by atoms with Gasteiger partial charge in [-0.15, -0.1) is 0 Å². The number of likely N-dealkylation sites (tertiary alicyclic amines) is 1. The minimum absolute atomic E-state index is 0.0596. The van der Waals surface area contributed by atoms with E-state index in [1.165, 1.54) is 0 Å². The number of amides is 1. The van der Waals surface area contributed by atoms with Gasteiger partial charge in [-0.1, -0.05) is 6.07 Å². The first-order valence-electron chi connectivity index (χ1n) is 6.14. The summed E-state index contributed by atoms with van der Waals surface area (Å²) in [6.45, 7) is 1.48. The lowest BCUT2D eigenvalue weighted by atomic mass is 10.0. The Balaban J connectivity index is 2.03. The first-order chi connectivity index (χ1) is 8.74. The molecule has 1 aromatic rings. The van der Waals surface area contributed by atoms with E-state index < -0.39 is 0 Å². The molecule has 1 heterocycles. The van der Waals surface area contributed by atoms with Crippen LogP contribution >= 0.6 is 0 Å². The van der Waals surface area contributed by atoms with Crippen LogP contribution in [0.2, 0.25) is 0 Å². The van der Waals surface area contributed by atoms with E-state index in [4.69, 9.17) is 10.6 Å². The van der Waals surface area contributed by atoms with E-state index in [2.05, 4.69) is 5.43 Å². The SMILES string of the molecule is COc1cccc(C(=O)N2CCC(NN)CC2)c1. The normalized spacial score (nSPS) is 16.7.